The third kappa shape index (κ3) is 4.74. The third-order valence-corrected chi connectivity index (χ3v) is 4.58. The number of likely N-dealkylation sites (N-methyl/N-ethyl adjacent to an activating group) is 1. The Labute approximate surface area is 124 Å². The molecule has 3 atom stereocenters. The minimum Gasteiger partial charge on any atom is -0.353 e. The average Bonchev–Trinajstić information content (AvgIpc) is 2.34. The molecular weight excluding hydrogens is 250 g/mol. The lowest BCUT2D eigenvalue weighted by Gasteiger charge is -2.46. The Morgan fingerprint density at radius 2 is 2.00 bits per heavy atom. The number of hydrogen-bond acceptors (Lipinski definition) is 3. The fourth-order valence-electron chi connectivity index (χ4n) is 3.20. The summed E-state index contributed by atoms with van der Waals surface area (Å²) in [5.74, 6) is 0.866. The van der Waals surface area contributed by atoms with Crippen LogP contribution in [0.5, 0.6) is 0 Å². The standard InChI is InChI=1S/C16H33N3O/c1-12(2)18-15(20)14(4)17-11-16(19(5)6)9-7-8-13(3)10-16/h12-14,17H,7-11H2,1-6H3,(H,18,20). The number of amides is 1. The molecule has 20 heavy (non-hydrogen) atoms. The highest BCUT2D eigenvalue weighted by Crippen LogP contribution is 2.35. The van der Waals surface area contributed by atoms with Crippen molar-refractivity contribution in [3.8, 4) is 0 Å². The average molecular weight is 283 g/mol. The van der Waals surface area contributed by atoms with Gasteiger partial charge in [-0.1, -0.05) is 19.8 Å². The van der Waals surface area contributed by atoms with E-state index < -0.39 is 0 Å². The molecule has 0 aromatic carbocycles. The van der Waals surface area contributed by atoms with E-state index in [2.05, 4.69) is 36.6 Å². The summed E-state index contributed by atoms with van der Waals surface area (Å²) in [7, 11) is 4.33. The van der Waals surface area contributed by atoms with Gasteiger partial charge in [-0.3, -0.25) is 4.79 Å². The van der Waals surface area contributed by atoms with Gasteiger partial charge in [0.25, 0.3) is 0 Å². The van der Waals surface area contributed by atoms with Crippen LogP contribution in [-0.2, 0) is 4.79 Å². The van der Waals surface area contributed by atoms with Crippen molar-refractivity contribution >= 4 is 5.91 Å². The molecule has 2 N–H and O–H groups in total. The number of hydrogen-bond donors (Lipinski definition) is 2. The zero-order valence-corrected chi connectivity index (χ0v) is 14.1. The van der Waals surface area contributed by atoms with E-state index in [-0.39, 0.29) is 23.5 Å². The van der Waals surface area contributed by atoms with Gasteiger partial charge in [-0.2, -0.15) is 0 Å². The van der Waals surface area contributed by atoms with Crippen LogP contribution in [0.4, 0.5) is 0 Å². The van der Waals surface area contributed by atoms with Crippen LogP contribution in [-0.4, -0.2) is 49.1 Å². The van der Waals surface area contributed by atoms with Crippen molar-refractivity contribution in [2.24, 2.45) is 5.92 Å². The summed E-state index contributed by atoms with van der Waals surface area (Å²) in [6.07, 6.45) is 5.05. The van der Waals surface area contributed by atoms with Crippen molar-refractivity contribution in [1.29, 1.82) is 0 Å². The molecule has 4 nitrogen and oxygen atoms in total. The number of rotatable bonds is 6. The fraction of sp³-hybridized carbons (Fsp3) is 0.938. The van der Waals surface area contributed by atoms with Crippen LogP contribution in [0.2, 0.25) is 0 Å². The SMILES string of the molecule is CC1CCCC(CNC(C)C(=O)NC(C)C)(N(C)C)C1. The Morgan fingerprint density at radius 1 is 1.35 bits per heavy atom. The van der Waals surface area contributed by atoms with Crippen LogP contribution < -0.4 is 10.6 Å². The van der Waals surface area contributed by atoms with Crippen LogP contribution in [0.1, 0.15) is 53.4 Å². The molecule has 118 valence electrons. The van der Waals surface area contributed by atoms with Gasteiger partial charge in [-0.25, -0.2) is 0 Å². The summed E-state index contributed by atoms with van der Waals surface area (Å²) < 4.78 is 0. The van der Waals surface area contributed by atoms with Crippen molar-refractivity contribution < 1.29 is 4.79 Å². The molecule has 1 saturated carbocycles. The minimum absolute atomic E-state index is 0.0952. The maximum absolute atomic E-state index is 12.0. The topological polar surface area (TPSA) is 44.4 Å². The summed E-state index contributed by atoms with van der Waals surface area (Å²) >= 11 is 0. The van der Waals surface area contributed by atoms with E-state index in [0.717, 1.165) is 12.5 Å². The van der Waals surface area contributed by atoms with Gasteiger partial charge in [0.2, 0.25) is 5.91 Å². The van der Waals surface area contributed by atoms with Gasteiger partial charge < -0.3 is 15.5 Å². The quantitative estimate of drug-likeness (QED) is 0.783. The van der Waals surface area contributed by atoms with Crippen LogP contribution in [0.15, 0.2) is 0 Å². The lowest BCUT2D eigenvalue weighted by molar-refractivity contribution is -0.123. The van der Waals surface area contributed by atoms with Crippen LogP contribution in [0.25, 0.3) is 0 Å². The summed E-state index contributed by atoms with van der Waals surface area (Å²) in [6.45, 7) is 9.17. The van der Waals surface area contributed by atoms with E-state index in [4.69, 9.17) is 0 Å². The van der Waals surface area contributed by atoms with Crippen LogP contribution in [0, 0.1) is 5.92 Å². The molecule has 3 unspecified atom stereocenters. The predicted molar refractivity (Wildman–Crippen MR) is 84.8 cm³/mol. The molecule has 0 heterocycles. The molecule has 0 aromatic rings. The highest BCUT2D eigenvalue weighted by atomic mass is 16.2. The second-order valence-electron chi connectivity index (χ2n) is 7.09. The van der Waals surface area contributed by atoms with E-state index in [9.17, 15) is 4.79 Å². The molecule has 1 amide bonds. The summed E-state index contributed by atoms with van der Waals surface area (Å²) in [5, 5.41) is 6.41. The summed E-state index contributed by atoms with van der Waals surface area (Å²) in [5.41, 5.74) is 0.198. The number of nitrogens with one attached hydrogen (secondary N) is 2. The first-order chi connectivity index (χ1) is 9.27. The second-order valence-corrected chi connectivity index (χ2v) is 7.09. The minimum atomic E-state index is -0.133. The largest absolute Gasteiger partial charge is 0.353 e. The molecule has 0 bridgehead atoms. The third-order valence-electron chi connectivity index (χ3n) is 4.58. The molecule has 4 heteroatoms. The first kappa shape index (κ1) is 17.4. The van der Waals surface area contributed by atoms with Gasteiger partial charge in [-0.15, -0.1) is 0 Å². The molecule has 0 aromatic heterocycles. The smallest absolute Gasteiger partial charge is 0.237 e. The Hall–Kier alpha value is -0.610. The van der Waals surface area contributed by atoms with Crippen molar-refractivity contribution in [1.82, 2.24) is 15.5 Å². The van der Waals surface area contributed by atoms with Gasteiger partial charge in [0, 0.05) is 18.1 Å². The molecule has 0 radical (unpaired) electrons. The highest BCUT2D eigenvalue weighted by molar-refractivity contribution is 5.81. The van der Waals surface area contributed by atoms with Crippen LogP contribution in [0.3, 0.4) is 0 Å². The zero-order chi connectivity index (χ0) is 15.3. The highest BCUT2D eigenvalue weighted by Gasteiger charge is 2.37. The molecule has 0 saturated heterocycles. The lowest BCUT2D eigenvalue weighted by atomic mass is 9.75. The number of carbonyl (C=O) groups is 1. The second kappa shape index (κ2) is 7.41. The molecule has 1 aliphatic carbocycles. The van der Waals surface area contributed by atoms with E-state index in [1.807, 2.05) is 20.8 Å². The maximum Gasteiger partial charge on any atom is 0.237 e. The first-order valence-corrected chi connectivity index (χ1v) is 7.98. The van der Waals surface area contributed by atoms with Gasteiger partial charge in [0.05, 0.1) is 6.04 Å². The van der Waals surface area contributed by atoms with E-state index in [0.29, 0.717) is 0 Å². The van der Waals surface area contributed by atoms with Crippen LogP contribution >= 0.6 is 0 Å². The lowest BCUT2D eigenvalue weighted by Crippen LogP contribution is -2.57. The van der Waals surface area contributed by atoms with Crippen molar-refractivity contribution in [3.63, 3.8) is 0 Å². The Morgan fingerprint density at radius 3 is 2.50 bits per heavy atom. The molecule has 0 spiro atoms. The zero-order valence-electron chi connectivity index (χ0n) is 14.1. The summed E-state index contributed by atoms with van der Waals surface area (Å²) in [6, 6.07) is 0.0655. The normalized spacial score (nSPS) is 28.7. The first-order valence-electron chi connectivity index (χ1n) is 7.98. The van der Waals surface area contributed by atoms with E-state index in [1.54, 1.807) is 0 Å². The molecule has 1 fully saturated rings. The predicted octanol–water partition coefficient (Wildman–Crippen LogP) is 2.00. The molecule has 1 rings (SSSR count). The monoisotopic (exact) mass is 283 g/mol. The van der Waals surface area contributed by atoms with Gasteiger partial charge in [0.15, 0.2) is 0 Å². The maximum atomic E-state index is 12.0. The van der Waals surface area contributed by atoms with Crippen molar-refractivity contribution in [3.05, 3.63) is 0 Å². The van der Waals surface area contributed by atoms with E-state index >= 15 is 0 Å². The molecule has 1 aliphatic rings. The molecule has 0 aliphatic heterocycles. The van der Waals surface area contributed by atoms with E-state index in [1.165, 1.54) is 25.7 Å². The Balaban J connectivity index is 2.57. The van der Waals surface area contributed by atoms with Crippen molar-refractivity contribution in [2.45, 2.75) is 71.0 Å². The Bertz CT molecular complexity index is 317. The van der Waals surface area contributed by atoms with Gasteiger partial charge in [-0.05, 0) is 53.6 Å². The summed E-state index contributed by atoms with van der Waals surface area (Å²) in [4.78, 5) is 14.3. The van der Waals surface area contributed by atoms with Gasteiger partial charge >= 0.3 is 0 Å². The fourth-order valence-corrected chi connectivity index (χ4v) is 3.20. The Kier molecular flexibility index (Phi) is 6.46. The number of nitrogens with zero attached hydrogens (tertiary/aromatic N) is 1. The van der Waals surface area contributed by atoms with Crippen molar-refractivity contribution in [2.75, 3.05) is 20.6 Å². The molecular formula is C16H33N3O. The number of carbonyl (C=O) groups excluding carboxylic acids is 1. The van der Waals surface area contributed by atoms with Gasteiger partial charge in [0.1, 0.15) is 0 Å².